The number of aryl methyl sites for hydroxylation is 1. The number of anilines is 1. The highest BCUT2D eigenvalue weighted by Gasteiger charge is 2.32. The molecule has 0 fully saturated rings. The number of fused-ring (bicyclic) bond motifs is 1. The average Bonchev–Trinajstić information content (AvgIpc) is 3.40. The molecule has 0 radical (unpaired) electrons. The van der Waals surface area contributed by atoms with E-state index in [2.05, 4.69) is 15.5 Å². The predicted molar refractivity (Wildman–Crippen MR) is 167 cm³/mol. The molecule has 1 aliphatic rings. The summed E-state index contributed by atoms with van der Waals surface area (Å²) in [6.45, 7) is 5.63. The maximum absolute atomic E-state index is 12.8. The number of nitrogens with one attached hydrogen (secondary N) is 1. The second kappa shape index (κ2) is 12.2. The van der Waals surface area contributed by atoms with E-state index in [0.717, 1.165) is 26.9 Å². The van der Waals surface area contributed by atoms with Gasteiger partial charge in [-0.1, -0.05) is 28.6 Å². The lowest BCUT2D eigenvalue weighted by molar-refractivity contribution is -0.118. The monoisotopic (exact) mass is 603 g/mol. The minimum atomic E-state index is -0.765. The van der Waals surface area contributed by atoms with E-state index in [0.29, 0.717) is 45.2 Å². The molecular weight excluding hydrogens is 570 g/mol. The third-order valence-corrected chi connectivity index (χ3v) is 7.82. The highest BCUT2D eigenvalue weighted by atomic mass is 32.1. The number of amides is 1. The molecule has 1 N–H and O–H groups in total. The van der Waals surface area contributed by atoms with Crippen LogP contribution in [-0.4, -0.2) is 57.2 Å². The Hall–Kier alpha value is -4.77. The Kier molecular flexibility index (Phi) is 8.45. The molecule has 0 bridgehead atoms. The number of benzene rings is 3. The van der Waals surface area contributed by atoms with Crippen molar-refractivity contribution in [3.8, 4) is 28.7 Å². The zero-order chi connectivity index (χ0) is 30.7. The van der Waals surface area contributed by atoms with Gasteiger partial charge in [-0.15, -0.1) is 0 Å². The Morgan fingerprint density at radius 2 is 1.58 bits per heavy atom. The molecule has 3 aromatic carbocycles. The van der Waals surface area contributed by atoms with Gasteiger partial charge in [0.25, 0.3) is 5.91 Å². The van der Waals surface area contributed by atoms with Crippen LogP contribution in [0.1, 0.15) is 30.5 Å². The van der Waals surface area contributed by atoms with Gasteiger partial charge in [-0.25, -0.2) is 4.98 Å². The van der Waals surface area contributed by atoms with E-state index in [-0.39, 0.29) is 12.5 Å². The average molecular weight is 604 g/mol. The van der Waals surface area contributed by atoms with Gasteiger partial charge in [0, 0.05) is 11.1 Å². The topological polar surface area (TPSA) is 110 Å². The van der Waals surface area contributed by atoms with Crippen molar-refractivity contribution in [2.45, 2.75) is 26.4 Å². The highest BCUT2D eigenvalue weighted by Crippen LogP contribution is 2.41. The van der Waals surface area contributed by atoms with E-state index in [1.807, 2.05) is 69.3 Å². The fourth-order valence-corrected chi connectivity index (χ4v) is 5.67. The van der Waals surface area contributed by atoms with Crippen LogP contribution in [0.2, 0.25) is 0 Å². The van der Waals surface area contributed by atoms with Crippen LogP contribution in [0.25, 0.3) is 15.8 Å². The van der Waals surface area contributed by atoms with Crippen molar-refractivity contribution in [3.05, 3.63) is 71.3 Å². The molecule has 1 aromatic heterocycles. The highest BCUT2D eigenvalue weighted by molar-refractivity contribution is 7.22. The SMILES string of the molecule is COc1ccc(C2=CC(c3cc(OC)c(OC)c(OC)c3)=NOC2(C)C)cc1OCC(=O)Nc1nc2ccc(C)cc2s1. The van der Waals surface area contributed by atoms with Crippen molar-refractivity contribution in [3.63, 3.8) is 0 Å². The summed E-state index contributed by atoms with van der Waals surface area (Å²) in [5, 5.41) is 7.73. The van der Waals surface area contributed by atoms with Crippen molar-refractivity contribution in [1.82, 2.24) is 4.98 Å². The molecule has 0 atom stereocenters. The summed E-state index contributed by atoms with van der Waals surface area (Å²) in [5.74, 6) is 2.04. The number of hydrogen-bond donors (Lipinski definition) is 1. The molecule has 5 rings (SSSR count). The van der Waals surface area contributed by atoms with Crippen LogP contribution in [0.5, 0.6) is 28.7 Å². The van der Waals surface area contributed by atoms with Gasteiger partial charge in [-0.05, 0) is 74.4 Å². The number of carbonyl (C=O) groups is 1. The summed E-state index contributed by atoms with van der Waals surface area (Å²) >= 11 is 1.42. The quantitative estimate of drug-likeness (QED) is 0.227. The smallest absolute Gasteiger partial charge is 0.264 e. The standard InChI is InChI=1S/C32H33N3O7S/c1-18-8-10-22-28(12-18)43-31(33-22)34-29(36)17-41-25-13-19(9-11-24(25)37-4)21-16-23(35-42-32(21,2)3)20-14-26(38-5)30(40-7)27(15-20)39-6/h8-16H,17H2,1-7H3,(H,33,34,36). The first kappa shape index (κ1) is 29.7. The van der Waals surface area contributed by atoms with Gasteiger partial charge in [-0.2, -0.15) is 0 Å². The summed E-state index contributed by atoms with van der Waals surface area (Å²) in [7, 11) is 6.22. The molecule has 224 valence electrons. The van der Waals surface area contributed by atoms with Crippen molar-refractivity contribution >= 4 is 43.9 Å². The molecule has 43 heavy (non-hydrogen) atoms. The zero-order valence-electron chi connectivity index (χ0n) is 25.1. The van der Waals surface area contributed by atoms with E-state index in [1.54, 1.807) is 34.5 Å². The molecule has 0 aliphatic carbocycles. The van der Waals surface area contributed by atoms with Crippen LogP contribution in [0.15, 0.2) is 59.8 Å². The molecule has 1 aliphatic heterocycles. The summed E-state index contributed by atoms with van der Waals surface area (Å²) < 4.78 is 29.0. The van der Waals surface area contributed by atoms with Crippen molar-refractivity contribution in [1.29, 1.82) is 0 Å². The first-order chi connectivity index (χ1) is 20.6. The second-order valence-corrected chi connectivity index (χ2v) is 11.3. The van der Waals surface area contributed by atoms with Gasteiger partial charge >= 0.3 is 0 Å². The second-order valence-electron chi connectivity index (χ2n) is 10.2. The van der Waals surface area contributed by atoms with Crippen LogP contribution >= 0.6 is 11.3 Å². The minimum absolute atomic E-state index is 0.230. The van der Waals surface area contributed by atoms with E-state index >= 15 is 0 Å². The predicted octanol–water partition coefficient (Wildman–Crippen LogP) is 6.25. The maximum Gasteiger partial charge on any atom is 0.264 e. The Morgan fingerprint density at radius 1 is 0.884 bits per heavy atom. The maximum atomic E-state index is 12.8. The molecule has 0 saturated carbocycles. The lowest BCUT2D eigenvalue weighted by Gasteiger charge is -2.30. The lowest BCUT2D eigenvalue weighted by Crippen LogP contribution is -2.28. The molecule has 2 heterocycles. The van der Waals surface area contributed by atoms with Gasteiger partial charge in [0.1, 0.15) is 5.71 Å². The number of aromatic nitrogens is 1. The number of carbonyl (C=O) groups excluding carboxylic acids is 1. The Bertz CT molecular complexity index is 1720. The van der Waals surface area contributed by atoms with Gasteiger partial charge < -0.3 is 28.5 Å². The molecule has 0 spiro atoms. The largest absolute Gasteiger partial charge is 0.493 e. The number of methoxy groups -OCH3 is 4. The van der Waals surface area contributed by atoms with Crippen LogP contribution < -0.4 is 29.0 Å². The minimum Gasteiger partial charge on any atom is -0.493 e. The van der Waals surface area contributed by atoms with E-state index in [4.69, 9.17) is 28.5 Å². The van der Waals surface area contributed by atoms with Gasteiger partial charge in [0.05, 0.1) is 38.7 Å². The number of ether oxygens (including phenoxy) is 5. The van der Waals surface area contributed by atoms with Gasteiger partial charge in [0.2, 0.25) is 5.75 Å². The molecule has 11 heteroatoms. The number of nitrogens with zero attached hydrogens (tertiary/aromatic N) is 2. The fraction of sp³-hybridized carbons (Fsp3) is 0.281. The molecule has 1 amide bonds. The number of thiazole rings is 1. The molecule has 0 saturated heterocycles. The normalized spacial score (nSPS) is 13.8. The van der Waals surface area contributed by atoms with E-state index in [1.165, 1.54) is 11.3 Å². The van der Waals surface area contributed by atoms with Crippen LogP contribution in [-0.2, 0) is 9.63 Å². The van der Waals surface area contributed by atoms with Crippen LogP contribution in [0.3, 0.4) is 0 Å². The first-order valence-corrected chi connectivity index (χ1v) is 14.2. The van der Waals surface area contributed by atoms with Crippen molar-refractivity contribution < 1.29 is 33.3 Å². The lowest BCUT2D eigenvalue weighted by atomic mass is 9.88. The molecule has 0 unspecified atom stereocenters. The number of allylic oxidation sites excluding steroid dienone is 1. The van der Waals surface area contributed by atoms with E-state index in [9.17, 15) is 4.79 Å². The van der Waals surface area contributed by atoms with Crippen LogP contribution in [0.4, 0.5) is 5.13 Å². The third-order valence-electron chi connectivity index (χ3n) is 6.89. The Morgan fingerprint density at radius 3 is 2.26 bits per heavy atom. The summed E-state index contributed by atoms with van der Waals surface area (Å²) in [5.41, 5.74) is 4.13. The number of hydrogen-bond acceptors (Lipinski definition) is 10. The molecule has 10 nitrogen and oxygen atoms in total. The fourth-order valence-electron chi connectivity index (χ4n) is 4.69. The van der Waals surface area contributed by atoms with Gasteiger partial charge in [-0.3, -0.25) is 10.1 Å². The summed E-state index contributed by atoms with van der Waals surface area (Å²) in [6.07, 6.45) is 1.94. The zero-order valence-corrected chi connectivity index (χ0v) is 25.9. The molecule has 4 aromatic rings. The number of oxime groups is 1. The summed E-state index contributed by atoms with van der Waals surface area (Å²) in [4.78, 5) is 23.2. The number of rotatable bonds is 10. The van der Waals surface area contributed by atoms with E-state index < -0.39 is 5.60 Å². The third kappa shape index (κ3) is 6.21. The van der Waals surface area contributed by atoms with Crippen molar-refractivity contribution in [2.75, 3.05) is 40.4 Å². The molecular formula is C32H33N3O7S. The summed E-state index contributed by atoms with van der Waals surface area (Å²) in [6, 6.07) is 15.1. The Labute approximate surface area is 253 Å². The van der Waals surface area contributed by atoms with Gasteiger partial charge in [0.15, 0.2) is 40.3 Å². The van der Waals surface area contributed by atoms with Crippen LogP contribution in [0, 0.1) is 6.92 Å². The van der Waals surface area contributed by atoms with Crippen molar-refractivity contribution in [2.24, 2.45) is 5.16 Å². The first-order valence-electron chi connectivity index (χ1n) is 13.4. The Balaban J connectivity index is 1.40.